The first-order valence-electron chi connectivity index (χ1n) is 7.84. The van der Waals surface area contributed by atoms with Crippen molar-refractivity contribution >= 4 is 23.1 Å². The van der Waals surface area contributed by atoms with Gasteiger partial charge in [-0.1, -0.05) is 43.0 Å². The van der Waals surface area contributed by atoms with Crippen molar-refractivity contribution in [2.24, 2.45) is 5.10 Å². The van der Waals surface area contributed by atoms with E-state index in [0.29, 0.717) is 17.9 Å². The van der Waals surface area contributed by atoms with E-state index in [2.05, 4.69) is 17.1 Å². The van der Waals surface area contributed by atoms with Gasteiger partial charge in [0.2, 0.25) is 0 Å². The predicted octanol–water partition coefficient (Wildman–Crippen LogP) is 4.07. The van der Waals surface area contributed by atoms with Crippen LogP contribution >= 0.6 is 0 Å². The molecule has 0 fully saturated rings. The summed E-state index contributed by atoms with van der Waals surface area (Å²) in [5, 5.41) is 4.91. The van der Waals surface area contributed by atoms with Crippen LogP contribution in [0, 0.1) is 6.92 Å². The Morgan fingerprint density at radius 1 is 1.28 bits per heavy atom. The fourth-order valence-corrected chi connectivity index (χ4v) is 2.45. The van der Waals surface area contributed by atoms with Gasteiger partial charge in [-0.25, -0.2) is 5.43 Å². The summed E-state index contributed by atoms with van der Waals surface area (Å²) in [7, 11) is 0. The van der Waals surface area contributed by atoms with Crippen molar-refractivity contribution in [2.45, 2.75) is 6.92 Å². The van der Waals surface area contributed by atoms with Gasteiger partial charge in [-0.05, 0) is 30.7 Å². The van der Waals surface area contributed by atoms with Gasteiger partial charge in [0.05, 0.1) is 6.21 Å². The van der Waals surface area contributed by atoms with Crippen LogP contribution in [0.1, 0.15) is 21.7 Å². The maximum atomic E-state index is 12.3. The van der Waals surface area contributed by atoms with Crippen LogP contribution in [0.4, 0.5) is 0 Å². The number of carbonyl (C=O) groups excluding carboxylic acids is 1. The zero-order valence-electron chi connectivity index (χ0n) is 13.9. The lowest BCUT2D eigenvalue weighted by molar-refractivity contribution is 0.0929. The lowest BCUT2D eigenvalue weighted by atomic mass is 10.1. The Morgan fingerprint density at radius 3 is 2.92 bits per heavy atom. The van der Waals surface area contributed by atoms with Crippen LogP contribution in [0.3, 0.4) is 0 Å². The third-order valence-corrected chi connectivity index (χ3v) is 3.66. The molecule has 3 aromatic rings. The van der Waals surface area contributed by atoms with E-state index in [4.69, 9.17) is 9.15 Å². The molecule has 5 heteroatoms. The molecule has 0 bridgehead atoms. The van der Waals surface area contributed by atoms with Gasteiger partial charge in [0.25, 0.3) is 0 Å². The van der Waals surface area contributed by atoms with Crippen molar-refractivity contribution < 1.29 is 13.9 Å². The molecule has 126 valence electrons. The molecular formula is C20H18N2O3. The minimum atomic E-state index is -0.385. The Morgan fingerprint density at radius 2 is 2.12 bits per heavy atom. The van der Waals surface area contributed by atoms with E-state index in [1.165, 1.54) is 0 Å². The summed E-state index contributed by atoms with van der Waals surface area (Å²) < 4.78 is 11.1. The zero-order valence-corrected chi connectivity index (χ0v) is 13.9. The Balaban J connectivity index is 1.70. The van der Waals surface area contributed by atoms with Crippen LogP contribution in [0.2, 0.25) is 0 Å². The molecule has 0 spiro atoms. The molecular weight excluding hydrogens is 316 g/mol. The molecule has 0 radical (unpaired) electrons. The smallest absolute Gasteiger partial charge is 0.307 e. The monoisotopic (exact) mass is 334 g/mol. The number of aryl methyl sites for hydroxylation is 1. The fraction of sp³-hybridized carbons (Fsp3) is 0.100. The van der Waals surface area contributed by atoms with Crippen molar-refractivity contribution in [2.75, 3.05) is 6.61 Å². The van der Waals surface area contributed by atoms with Crippen molar-refractivity contribution in [3.05, 3.63) is 78.1 Å². The fourth-order valence-electron chi connectivity index (χ4n) is 2.45. The van der Waals surface area contributed by atoms with E-state index in [1.807, 2.05) is 55.5 Å². The second kappa shape index (κ2) is 7.49. The van der Waals surface area contributed by atoms with Gasteiger partial charge in [-0.2, -0.15) is 5.10 Å². The molecule has 1 aromatic heterocycles. The van der Waals surface area contributed by atoms with Crippen molar-refractivity contribution in [3.8, 4) is 5.75 Å². The topological polar surface area (TPSA) is 63.8 Å². The van der Waals surface area contributed by atoms with Crippen LogP contribution in [0.25, 0.3) is 11.0 Å². The van der Waals surface area contributed by atoms with E-state index >= 15 is 0 Å². The summed E-state index contributed by atoms with van der Waals surface area (Å²) in [6, 6.07) is 14.9. The number of hydrogen-bond donors (Lipinski definition) is 1. The Kier molecular flexibility index (Phi) is 4.95. The molecule has 2 aromatic carbocycles. The molecule has 1 amide bonds. The summed E-state index contributed by atoms with van der Waals surface area (Å²) in [5.41, 5.74) is 4.78. The number of carbonyl (C=O) groups is 1. The van der Waals surface area contributed by atoms with E-state index in [1.54, 1.807) is 12.3 Å². The van der Waals surface area contributed by atoms with Gasteiger partial charge in [-0.3, -0.25) is 4.79 Å². The van der Waals surface area contributed by atoms with Gasteiger partial charge in [-0.15, -0.1) is 0 Å². The van der Waals surface area contributed by atoms with Gasteiger partial charge in [0.15, 0.2) is 5.76 Å². The number of nitrogens with one attached hydrogen (secondary N) is 1. The van der Waals surface area contributed by atoms with Crippen LogP contribution in [0.15, 0.2) is 70.7 Å². The number of nitrogens with zero attached hydrogens (tertiary/aromatic N) is 1. The first-order chi connectivity index (χ1) is 12.2. The average Bonchev–Trinajstić information content (AvgIpc) is 2.97. The van der Waals surface area contributed by atoms with E-state index < -0.39 is 0 Å². The molecule has 5 nitrogen and oxygen atoms in total. The minimum absolute atomic E-state index is 0.265. The minimum Gasteiger partial charge on any atom is -0.490 e. The van der Waals surface area contributed by atoms with Gasteiger partial charge < -0.3 is 9.15 Å². The molecule has 1 N–H and O–H groups in total. The molecule has 0 saturated heterocycles. The average molecular weight is 334 g/mol. The maximum absolute atomic E-state index is 12.3. The van der Waals surface area contributed by atoms with Gasteiger partial charge in [0.1, 0.15) is 17.9 Å². The van der Waals surface area contributed by atoms with Gasteiger partial charge in [0, 0.05) is 10.9 Å². The second-order valence-corrected chi connectivity index (χ2v) is 5.42. The van der Waals surface area contributed by atoms with Crippen LogP contribution < -0.4 is 10.2 Å². The standard InChI is InChI=1S/C20H18N2O3/c1-3-11-24-16-8-6-7-15(12-16)13-21-22-20(23)19-14(2)17-9-4-5-10-18(17)25-19/h3-10,12-13H,1,11H2,2H3,(H,22,23)/b21-13-. The van der Waals surface area contributed by atoms with E-state index in [-0.39, 0.29) is 11.7 Å². The number of ether oxygens (including phenoxy) is 1. The molecule has 0 aliphatic carbocycles. The largest absolute Gasteiger partial charge is 0.490 e. The first kappa shape index (κ1) is 16.5. The molecule has 25 heavy (non-hydrogen) atoms. The zero-order chi connectivity index (χ0) is 17.6. The number of hydrazone groups is 1. The number of amides is 1. The van der Waals surface area contributed by atoms with Crippen LogP contribution in [-0.2, 0) is 0 Å². The normalized spacial score (nSPS) is 10.9. The van der Waals surface area contributed by atoms with E-state index in [0.717, 1.165) is 16.5 Å². The molecule has 1 heterocycles. The predicted molar refractivity (Wildman–Crippen MR) is 98.1 cm³/mol. The Labute approximate surface area is 145 Å². The lowest BCUT2D eigenvalue weighted by Gasteiger charge is -2.03. The first-order valence-corrected chi connectivity index (χ1v) is 7.84. The summed E-state index contributed by atoms with van der Waals surface area (Å²) in [5.74, 6) is 0.591. The van der Waals surface area contributed by atoms with Crippen LogP contribution in [0.5, 0.6) is 5.75 Å². The number of furan rings is 1. The summed E-state index contributed by atoms with van der Waals surface area (Å²) in [6.07, 6.45) is 3.23. The molecule has 0 atom stereocenters. The SMILES string of the molecule is C=CCOc1cccc(/C=N\NC(=O)c2oc3ccccc3c2C)c1. The number of benzene rings is 2. The molecule has 0 saturated carbocycles. The highest BCUT2D eigenvalue weighted by molar-refractivity contribution is 5.99. The van der Waals surface area contributed by atoms with Crippen molar-refractivity contribution in [1.82, 2.24) is 5.43 Å². The molecule has 0 aliphatic heterocycles. The lowest BCUT2D eigenvalue weighted by Crippen LogP contribution is -2.17. The molecule has 3 rings (SSSR count). The van der Waals surface area contributed by atoms with Crippen molar-refractivity contribution in [1.29, 1.82) is 0 Å². The second-order valence-electron chi connectivity index (χ2n) is 5.42. The highest BCUT2D eigenvalue weighted by Crippen LogP contribution is 2.24. The Hall–Kier alpha value is -3.34. The Bertz CT molecular complexity index is 941. The summed E-state index contributed by atoms with van der Waals surface area (Å²) >= 11 is 0. The molecule has 0 unspecified atom stereocenters. The number of fused-ring (bicyclic) bond motifs is 1. The highest BCUT2D eigenvalue weighted by atomic mass is 16.5. The third kappa shape index (κ3) is 3.77. The number of rotatable bonds is 6. The maximum Gasteiger partial charge on any atom is 0.307 e. The molecule has 0 aliphatic rings. The number of para-hydroxylation sites is 1. The van der Waals surface area contributed by atoms with Crippen LogP contribution in [-0.4, -0.2) is 18.7 Å². The number of hydrogen-bond acceptors (Lipinski definition) is 4. The summed E-state index contributed by atoms with van der Waals surface area (Å²) in [6.45, 7) is 5.90. The van der Waals surface area contributed by atoms with E-state index in [9.17, 15) is 4.79 Å². The summed E-state index contributed by atoms with van der Waals surface area (Å²) in [4.78, 5) is 12.3. The van der Waals surface area contributed by atoms with Crippen molar-refractivity contribution in [3.63, 3.8) is 0 Å². The highest BCUT2D eigenvalue weighted by Gasteiger charge is 2.16. The quantitative estimate of drug-likeness (QED) is 0.420. The third-order valence-electron chi connectivity index (χ3n) is 3.66. The van der Waals surface area contributed by atoms with Gasteiger partial charge >= 0.3 is 5.91 Å².